The molecule has 0 saturated carbocycles. The molecule has 0 spiro atoms. The molecule has 2 N–H and O–H groups in total. The van der Waals surface area contributed by atoms with Crippen molar-refractivity contribution in [2.75, 3.05) is 6.54 Å². The van der Waals surface area contributed by atoms with Crippen LogP contribution in [0.4, 0.5) is 8.78 Å². The number of nitrogens with one attached hydrogen (secondary N) is 1. The van der Waals surface area contributed by atoms with Crippen molar-refractivity contribution in [2.24, 2.45) is 0 Å². The minimum Gasteiger partial charge on any atom is -0.386 e. The topological polar surface area (TPSA) is 66.4 Å². The van der Waals surface area contributed by atoms with Crippen LogP contribution in [0.25, 0.3) is 0 Å². The van der Waals surface area contributed by atoms with Crippen LogP contribution in [-0.4, -0.2) is 32.6 Å². The number of thiophene rings is 1. The summed E-state index contributed by atoms with van der Waals surface area (Å²) < 4.78 is 50.2. The van der Waals surface area contributed by atoms with Crippen molar-refractivity contribution in [1.29, 1.82) is 0 Å². The molecule has 1 atom stereocenters. The molecule has 0 amide bonds. The van der Waals surface area contributed by atoms with Gasteiger partial charge < -0.3 is 5.11 Å². The summed E-state index contributed by atoms with van der Waals surface area (Å²) in [6.07, 6.45) is -5.01. The van der Waals surface area contributed by atoms with Crippen molar-refractivity contribution < 1.29 is 22.3 Å². The molecule has 0 fully saturated rings. The molecule has 98 valence electrons. The lowest BCUT2D eigenvalue weighted by Gasteiger charge is -2.10. The van der Waals surface area contributed by atoms with E-state index in [-0.39, 0.29) is 4.90 Å². The lowest BCUT2D eigenvalue weighted by atomic mass is 10.4. The first-order chi connectivity index (χ1) is 7.74. The first-order valence-electron chi connectivity index (χ1n) is 4.14. The minimum absolute atomic E-state index is 0.0594. The summed E-state index contributed by atoms with van der Waals surface area (Å²) in [6, 6.07) is 1.34. The van der Waals surface area contributed by atoms with Gasteiger partial charge in [-0.3, -0.25) is 0 Å². The van der Waals surface area contributed by atoms with Gasteiger partial charge in [0.05, 0.1) is 7.57 Å². The Morgan fingerprint density at radius 3 is 2.47 bits per heavy atom. The lowest BCUT2D eigenvalue weighted by Crippen LogP contribution is -2.35. The molecular weight excluding hydrogens is 408 g/mol. The molecule has 10 heteroatoms. The van der Waals surface area contributed by atoms with Gasteiger partial charge in [-0.2, -0.15) is 0 Å². The fourth-order valence-electron chi connectivity index (χ4n) is 0.870. The first kappa shape index (κ1) is 15.4. The SMILES string of the molecule is O=S(=O)(NCC(O)C(F)F)c1cc(Br)sc1Br. The molecule has 0 saturated heterocycles. The number of halogens is 4. The maximum absolute atomic E-state index is 12.0. The highest BCUT2D eigenvalue weighted by atomic mass is 79.9. The second-order valence-electron chi connectivity index (χ2n) is 2.94. The Morgan fingerprint density at radius 1 is 1.47 bits per heavy atom. The molecule has 0 aromatic carbocycles. The van der Waals surface area contributed by atoms with Crippen LogP contribution in [0.15, 0.2) is 18.5 Å². The summed E-state index contributed by atoms with van der Waals surface area (Å²) in [4.78, 5) is -0.0594. The van der Waals surface area contributed by atoms with E-state index in [0.29, 0.717) is 7.57 Å². The zero-order valence-corrected chi connectivity index (χ0v) is 12.8. The molecular formula is C7H7Br2F2NO3S2. The van der Waals surface area contributed by atoms with Gasteiger partial charge in [0.15, 0.2) is 0 Å². The number of aliphatic hydroxyl groups is 1. The average molecular weight is 415 g/mol. The van der Waals surface area contributed by atoms with Crippen LogP contribution in [0, 0.1) is 0 Å². The van der Waals surface area contributed by atoms with E-state index in [9.17, 15) is 17.2 Å². The van der Waals surface area contributed by atoms with E-state index in [1.807, 2.05) is 4.72 Å². The summed E-state index contributed by atoms with van der Waals surface area (Å²) in [7, 11) is -3.91. The van der Waals surface area contributed by atoms with E-state index < -0.39 is 29.1 Å². The van der Waals surface area contributed by atoms with Crippen LogP contribution in [0.2, 0.25) is 0 Å². The van der Waals surface area contributed by atoms with Gasteiger partial charge >= 0.3 is 0 Å². The molecule has 1 heterocycles. The summed E-state index contributed by atoms with van der Waals surface area (Å²) in [5.41, 5.74) is 0. The van der Waals surface area contributed by atoms with Crippen LogP contribution >= 0.6 is 43.2 Å². The predicted molar refractivity (Wildman–Crippen MR) is 66.9 cm³/mol. The highest BCUT2D eigenvalue weighted by molar-refractivity contribution is 9.12. The fourth-order valence-corrected chi connectivity index (χ4v) is 5.73. The van der Waals surface area contributed by atoms with E-state index in [0.717, 1.165) is 11.3 Å². The second kappa shape index (κ2) is 6.02. The van der Waals surface area contributed by atoms with Gasteiger partial charge in [0.25, 0.3) is 6.43 Å². The van der Waals surface area contributed by atoms with Crippen molar-refractivity contribution in [1.82, 2.24) is 4.72 Å². The van der Waals surface area contributed by atoms with Crippen LogP contribution < -0.4 is 4.72 Å². The Hall–Kier alpha value is 0.390. The largest absolute Gasteiger partial charge is 0.386 e. The first-order valence-corrected chi connectivity index (χ1v) is 8.03. The van der Waals surface area contributed by atoms with E-state index in [4.69, 9.17) is 5.11 Å². The number of sulfonamides is 1. The van der Waals surface area contributed by atoms with Crippen LogP contribution in [0.1, 0.15) is 0 Å². The third kappa shape index (κ3) is 4.21. The Morgan fingerprint density at radius 2 is 2.06 bits per heavy atom. The molecule has 0 aliphatic rings. The lowest BCUT2D eigenvalue weighted by molar-refractivity contribution is -0.000452. The molecule has 0 aliphatic carbocycles. The molecule has 4 nitrogen and oxygen atoms in total. The van der Waals surface area contributed by atoms with Crippen molar-refractivity contribution in [3.63, 3.8) is 0 Å². The monoisotopic (exact) mass is 413 g/mol. The van der Waals surface area contributed by atoms with Gasteiger partial charge in [0.2, 0.25) is 10.0 Å². The number of hydrogen-bond acceptors (Lipinski definition) is 4. The van der Waals surface area contributed by atoms with Gasteiger partial charge in [-0.25, -0.2) is 21.9 Å². The third-order valence-electron chi connectivity index (χ3n) is 1.69. The quantitative estimate of drug-likeness (QED) is 0.775. The number of hydrogen-bond donors (Lipinski definition) is 2. The minimum atomic E-state index is -3.91. The Bertz CT molecular complexity index is 491. The van der Waals surface area contributed by atoms with Gasteiger partial charge in [-0.05, 0) is 37.9 Å². The predicted octanol–water partition coefficient (Wildman–Crippen LogP) is 2.18. The van der Waals surface area contributed by atoms with Gasteiger partial charge in [0.1, 0.15) is 11.0 Å². The third-order valence-corrected chi connectivity index (χ3v) is 5.87. The molecule has 1 rings (SSSR count). The van der Waals surface area contributed by atoms with E-state index in [1.165, 1.54) is 6.07 Å². The van der Waals surface area contributed by atoms with Gasteiger partial charge in [-0.15, -0.1) is 11.3 Å². The Kier molecular flexibility index (Phi) is 5.47. The summed E-state index contributed by atoms with van der Waals surface area (Å²) in [5, 5.41) is 8.82. The zero-order valence-electron chi connectivity index (χ0n) is 8.03. The summed E-state index contributed by atoms with van der Waals surface area (Å²) in [5.74, 6) is 0. The molecule has 0 bridgehead atoms. The fraction of sp³-hybridized carbons (Fsp3) is 0.429. The van der Waals surface area contributed by atoms with Crippen molar-refractivity contribution in [2.45, 2.75) is 17.4 Å². The highest BCUT2D eigenvalue weighted by Gasteiger charge is 2.24. The number of aliphatic hydroxyl groups excluding tert-OH is 1. The normalized spacial score (nSPS) is 14.2. The standard InChI is InChI=1S/C7H7Br2F2NO3S2/c8-5-1-4(6(9)16-5)17(14,15)12-2-3(13)7(10)11/h1,3,7,12-13H,2H2. The number of rotatable bonds is 5. The summed E-state index contributed by atoms with van der Waals surface area (Å²) in [6.45, 7) is -0.736. The van der Waals surface area contributed by atoms with Gasteiger partial charge in [-0.1, -0.05) is 0 Å². The smallest absolute Gasteiger partial charge is 0.265 e. The van der Waals surface area contributed by atoms with E-state index >= 15 is 0 Å². The average Bonchev–Trinajstić information content (AvgIpc) is 2.55. The van der Waals surface area contributed by atoms with Crippen molar-refractivity contribution in [3.05, 3.63) is 13.6 Å². The number of alkyl halides is 2. The van der Waals surface area contributed by atoms with Crippen molar-refractivity contribution in [3.8, 4) is 0 Å². The Balaban J connectivity index is 2.80. The Labute approximate surface area is 117 Å². The molecule has 17 heavy (non-hydrogen) atoms. The van der Waals surface area contributed by atoms with Gasteiger partial charge in [0, 0.05) is 6.54 Å². The highest BCUT2D eigenvalue weighted by Crippen LogP contribution is 2.34. The zero-order chi connectivity index (χ0) is 13.2. The maximum Gasteiger partial charge on any atom is 0.265 e. The van der Waals surface area contributed by atoms with E-state index in [1.54, 1.807) is 0 Å². The van der Waals surface area contributed by atoms with Crippen LogP contribution in [0.5, 0.6) is 0 Å². The molecule has 0 radical (unpaired) electrons. The van der Waals surface area contributed by atoms with Crippen LogP contribution in [0.3, 0.4) is 0 Å². The molecule has 1 aromatic heterocycles. The van der Waals surface area contributed by atoms with E-state index in [2.05, 4.69) is 31.9 Å². The van der Waals surface area contributed by atoms with Crippen LogP contribution in [-0.2, 0) is 10.0 Å². The second-order valence-corrected chi connectivity index (χ2v) is 8.43. The molecule has 1 aromatic rings. The summed E-state index contributed by atoms with van der Waals surface area (Å²) >= 11 is 7.29. The molecule has 0 aliphatic heterocycles. The maximum atomic E-state index is 12.0. The van der Waals surface area contributed by atoms with Crippen molar-refractivity contribution >= 4 is 53.2 Å². The molecule has 1 unspecified atom stereocenters.